The van der Waals surface area contributed by atoms with Crippen LogP contribution in [0.25, 0.3) is 0 Å². The molecule has 1 aliphatic heterocycles. The molecule has 162 valence electrons. The van der Waals surface area contributed by atoms with Crippen LogP contribution in [0.4, 0.5) is 28.9 Å². The van der Waals surface area contributed by atoms with Gasteiger partial charge in [-0.25, -0.2) is 8.78 Å². The average Bonchev–Trinajstić information content (AvgIpc) is 2.65. The summed E-state index contributed by atoms with van der Waals surface area (Å²) in [6.07, 6.45) is 2.81. The summed E-state index contributed by atoms with van der Waals surface area (Å²) in [4.78, 5) is 18.0. The second-order valence-electron chi connectivity index (χ2n) is 5.76. The molecule has 5 nitrogen and oxygen atoms in total. The summed E-state index contributed by atoms with van der Waals surface area (Å²) < 4.78 is 55.7. The van der Waals surface area contributed by atoms with Crippen molar-refractivity contribution >= 4 is 54.5 Å². The van der Waals surface area contributed by atoms with Crippen molar-refractivity contribution in [1.29, 1.82) is 0 Å². The Morgan fingerprint density at radius 1 is 1.10 bits per heavy atom. The molecule has 0 unspecified atom stereocenters. The second kappa shape index (κ2) is 11.4. The Morgan fingerprint density at radius 3 is 2.41 bits per heavy atom. The van der Waals surface area contributed by atoms with Crippen LogP contribution in [0.15, 0.2) is 36.7 Å². The topological polar surface area (TPSA) is 57.3 Å². The van der Waals surface area contributed by atoms with Crippen LogP contribution in [0.3, 0.4) is 0 Å². The van der Waals surface area contributed by atoms with Crippen molar-refractivity contribution in [2.75, 3.05) is 36.4 Å². The molecule has 1 aromatic heterocycles. The molecule has 1 fully saturated rings. The van der Waals surface area contributed by atoms with Gasteiger partial charge in [0.05, 0.1) is 23.1 Å². The summed E-state index contributed by atoms with van der Waals surface area (Å²) in [7, 11) is 0. The first-order valence-electron chi connectivity index (χ1n) is 7.94. The SMILES string of the molecule is Cl.Cl.Cl.O=C(Nc1ccncc1N1CCNCC1)C(F)(F)c1cccc(F)c1F. The number of carbonyl (C=O) groups is 1. The number of alkyl halides is 2. The molecule has 1 amide bonds. The molecule has 0 aliphatic carbocycles. The number of hydrogen-bond acceptors (Lipinski definition) is 4. The number of benzene rings is 1. The van der Waals surface area contributed by atoms with Crippen LogP contribution in [-0.2, 0) is 10.7 Å². The first-order valence-corrected chi connectivity index (χ1v) is 7.94. The molecular formula is C17H19Cl3F4N4O. The molecule has 1 aromatic carbocycles. The molecule has 0 spiro atoms. The largest absolute Gasteiger partial charge is 0.366 e. The Hall–Kier alpha value is -1.81. The van der Waals surface area contributed by atoms with Gasteiger partial charge >= 0.3 is 5.92 Å². The minimum Gasteiger partial charge on any atom is -0.366 e. The Balaban J connectivity index is 0.00000261. The van der Waals surface area contributed by atoms with E-state index in [1.54, 1.807) is 0 Å². The van der Waals surface area contributed by atoms with Gasteiger partial charge in [0.2, 0.25) is 0 Å². The van der Waals surface area contributed by atoms with Crippen LogP contribution in [0.2, 0.25) is 0 Å². The molecule has 29 heavy (non-hydrogen) atoms. The van der Waals surface area contributed by atoms with Gasteiger partial charge in [-0.15, -0.1) is 37.2 Å². The summed E-state index contributed by atoms with van der Waals surface area (Å²) in [5, 5.41) is 5.27. The highest BCUT2D eigenvalue weighted by atomic mass is 35.5. The number of rotatable bonds is 4. The number of hydrogen-bond donors (Lipinski definition) is 2. The van der Waals surface area contributed by atoms with Crippen LogP contribution in [0.1, 0.15) is 5.56 Å². The number of pyridine rings is 1. The van der Waals surface area contributed by atoms with Crippen molar-refractivity contribution in [1.82, 2.24) is 10.3 Å². The van der Waals surface area contributed by atoms with E-state index in [4.69, 9.17) is 0 Å². The van der Waals surface area contributed by atoms with E-state index < -0.39 is 29.0 Å². The molecule has 1 saturated heterocycles. The molecule has 0 saturated carbocycles. The van der Waals surface area contributed by atoms with Crippen molar-refractivity contribution in [3.63, 3.8) is 0 Å². The Morgan fingerprint density at radius 2 is 1.76 bits per heavy atom. The van der Waals surface area contributed by atoms with Gasteiger partial charge in [0.15, 0.2) is 11.6 Å². The highest BCUT2D eigenvalue weighted by molar-refractivity contribution is 5.99. The van der Waals surface area contributed by atoms with Crippen LogP contribution in [0.5, 0.6) is 0 Å². The number of carbonyl (C=O) groups excluding carboxylic acids is 1. The smallest absolute Gasteiger partial charge is 0.353 e. The van der Waals surface area contributed by atoms with E-state index in [2.05, 4.69) is 15.6 Å². The van der Waals surface area contributed by atoms with E-state index in [9.17, 15) is 22.4 Å². The number of aromatic nitrogens is 1. The molecule has 1 aliphatic rings. The second-order valence-corrected chi connectivity index (χ2v) is 5.76. The van der Waals surface area contributed by atoms with Gasteiger partial charge in [-0.3, -0.25) is 9.78 Å². The highest BCUT2D eigenvalue weighted by Crippen LogP contribution is 2.34. The van der Waals surface area contributed by atoms with Gasteiger partial charge in [-0.2, -0.15) is 8.78 Å². The molecule has 2 heterocycles. The zero-order valence-corrected chi connectivity index (χ0v) is 17.3. The van der Waals surface area contributed by atoms with Crippen LogP contribution in [0, 0.1) is 11.6 Å². The lowest BCUT2D eigenvalue weighted by Crippen LogP contribution is -2.44. The van der Waals surface area contributed by atoms with Gasteiger partial charge < -0.3 is 15.5 Å². The van der Waals surface area contributed by atoms with Gasteiger partial charge in [0, 0.05) is 32.4 Å². The molecule has 2 aromatic rings. The first kappa shape index (κ1) is 27.2. The fraction of sp³-hybridized carbons (Fsp3) is 0.294. The molecule has 2 N–H and O–H groups in total. The molecular weight excluding hydrogens is 459 g/mol. The monoisotopic (exact) mass is 476 g/mol. The van der Waals surface area contributed by atoms with Crippen molar-refractivity contribution < 1.29 is 22.4 Å². The maximum atomic E-state index is 14.4. The van der Waals surface area contributed by atoms with E-state index in [0.29, 0.717) is 44.0 Å². The van der Waals surface area contributed by atoms with Gasteiger partial charge in [0.1, 0.15) is 0 Å². The average molecular weight is 478 g/mol. The van der Waals surface area contributed by atoms with E-state index >= 15 is 0 Å². The predicted molar refractivity (Wildman–Crippen MR) is 110 cm³/mol. The van der Waals surface area contributed by atoms with Gasteiger partial charge in [0.25, 0.3) is 5.91 Å². The number of nitrogens with one attached hydrogen (secondary N) is 2. The number of piperazine rings is 1. The summed E-state index contributed by atoms with van der Waals surface area (Å²) in [5.41, 5.74) is -0.700. The Kier molecular flexibility index (Phi) is 10.7. The lowest BCUT2D eigenvalue weighted by atomic mass is 10.1. The third-order valence-corrected chi connectivity index (χ3v) is 4.08. The highest BCUT2D eigenvalue weighted by Gasteiger charge is 2.44. The molecule has 3 rings (SSSR count). The fourth-order valence-electron chi connectivity index (χ4n) is 2.72. The Bertz CT molecular complexity index is 823. The normalized spacial score (nSPS) is 13.4. The quantitative estimate of drug-likeness (QED) is 0.659. The third kappa shape index (κ3) is 5.85. The number of anilines is 2. The lowest BCUT2D eigenvalue weighted by molar-refractivity contribution is -0.141. The summed E-state index contributed by atoms with van der Waals surface area (Å²) in [6.45, 7) is 2.63. The van der Waals surface area contributed by atoms with Crippen molar-refractivity contribution in [3.8, 4) is 0 Å². The maximum absolute atomic E-state index is 14.4. The predicted octanol–water partition coefficient (Wildman–Crippen LogP) is 3.77. The van der Waals surface area contributed by atoms with Crippen molar-refractivity contribution in [2.45, 2.75) is 5.92 Å². The van der Waals surface area contributed by atoms with Gasteiger partial charge in [-0.1, -0.05) is 6.07 Å². The van der Waals surface area contributed by atoms with Crippen molar-refractivity contribution in [2.24, 2.45) is 0 Å². The minimum absolute atomic E-state index is 0. The fourth-order valence-corrected chi connectivity index (χ4v) is 2.72. The van der Waals surface area contributed by atoms with E-state index in [0.717, 1.165) is 6.07 Å². The standard InChI is InChI=1S/C17H16F4N4O.3ClH/c18-12-3-1-2-11(15(12)19)17(20,21)16(26)24-13-4-5-23-10-14(13)25-8-6-22-7-9-25;;;/h1-5,10,22H,6-9H2,(H,23,24,26);3*1H. The first-order chi connectivity index (χ1) is 12.4. The van der Waals surface area contributed by atoms with E-state index in [-0.39, 0.29) is 42.9 Å². The summed E-state index contributed by atoms with van der Waals surface area (Å²) >= 11 is 0. The van der Waals surface area contributed by atoms with Crippen LogP contribution in [-0.4, -0.2) is 37.1 Å². The lowest BCUT2D eigenvalue weighted by Gasteiger charge is -2.31. The third-order valence-electron chi connectivity index (χ3n) is 4.08. The van der Waals surface area contributed by atoms with Gasteiger partial charge in [-0.05, 0) is 18.2 Å². The maximum Gasteiger partial charge on any atom is 0.353 e. The number of halogens is 7. The van der Waals surface area contributed by atoms with E-state index in [1.165, 1.54) is 18.5 Å². The summed E-state index contributed by atoms with van der Waals surface area (Å²) in [6, 6.07) is 3.70. The van der Waals surface area contributed by atoms with Crippen LogP contribution < -0.4 is 15.5 Å². The molecule has 0 radical (unpaired) electrons. The molecule has 0 bridgehead atoms. The minimum atomic E-state index is -4.24. The summed E-state index contributed by atoms with van der Waals surface area (Å²) in [5.74, 6) is -9.18. The van der Waals surface area contributed by atoms with Crippen LogP contribution >= 0.6 is 37.2 Å². The Labute approximate surface area is 183 Å². The number of amides is 1. The van der Waals surface area contributed by atoms with E-state index in [1.807, 2.05) is 4.90 Å². The van der Waals surface area contributed by atoms with Crippen molar-refractivity contribution in [3.05, 3.63) is 53.9 Å². The zero-order chi connectivity index (χ0) is 18.7. The number of nitrogens with zero attached hydrogens (tertiary/aromatic N) is 2. The zero-order valence-electron chi connectivity index (χ0n) is 14.8. The molecule has 0 atom stereocenters. The molecule has 12 heteroatoms.